The Hall–Kier alpha value is -2.33. The Labute approximate surface area is 139 Å². The summed E-state index contributed by atoms with van der Waals surface area (Å²) in [4.78, 5) is 16.4. The summed E-state index contributed by atoms with van der Waals surface area (Å²) in [6.07, 6.45) is 3.47. The molecule has 3 nitrogen and oxygen atoms in total. The molecular weight excluding hydrogens is 306 g/mol. The molecule has 4 heteroatoms. The predicted octanol–water partition coefficient (Wildman–Crippen LogP) is 4.86. The van der Waals surface area contributed by atoms with Crippen molar-refractivity contribution in [3.8, 4) is 11.1 Å². The number of pyridine rings is 1. The minimum Gasteiger partial charge on any atom is -0.480 e. The van der Waals surface area contributed by atoms with Gasteiger partial charge in [0.05, 0.1) is 0 Å². The van der Waals surface area contributed by atoms with Gasteiger partial charge in [0, 0.05) is 17.3 Å². The van der Waals surface area contributed by atoms with Gasteiger partial charge in [0.15, 0.2) is 0 Å². The van der Waals surface area contributed by atoms with Crippen molar-refractivity contribution in [3.05, 3.63) is 60.9 Å². The zero-order valence-corrected chi connectivity index (χ0v) is 13.8. The van der Waals surface area contributed by atoms with E-state index in [0.29, 0.717) is 0 Å². The maximum absolute atomic E-state index is 11.4. The number of rotatable bonds is 4. The van der Waals surface area contributed by atoms with Gasteiger partial charge in [-0.3, -0.25) is 9.78 Å². The van der Waals surface area contributed by atoms with Crippen LogP contribution in [-0.2, 0) is 4.79 Å². The van der Waals surface area contributed by atoms with Crippen LogP contribution in [0.4, 0.5) is 0 Å². The lowest BCUT2D eigenvalue weighted by atomic mass is 10.0. The van der Waals surface area contributed by atoms with Gasteiger partial charge < -0.3 is 5.11 Å². The molecule has 3 rings (SSSR count). The number of nitrogens with zero attached hydrogens (tertiary/aromatic N) is 1. The topological polar surface area (TPSA) is 50.2 Å². The highest BCUT2D eigenvalue weighted by molar-refractivity contribution is 8.01. The first-order chi connectivity index (χ1) is 11.0. The Kier molecular flexibility index (Phi) is 4.09. The van der Waals surface area contributed by atoms with Crippen molar-refractivity contribution >= 4 is 28.5 Å². The van der Waals surface area contributed by atoms with Crippen LogP contribution < -0.4 is 0 Å². The van der Waals surface area contributed by atoms with Gasteiger partial charge in [0.2, 0.25) is 0 Å². The summed E-state index contributed by atoms with van der Waals surface area (Å²) in [6.45, 7) is 3.41. The van der Waals surface area contributed by atoms with Crippen LogP contribution in [0.15, 0.2) is 65.8 Å². The molecule has 0 atom stereocenters. The van der Waals surface area contributed by atoms with Gasteiger partial charge in [-0.1, -0.05) is 36.4 Å². The fraction of sp³-hybridized carbons (Fsp3) is 0.158. The van der Waals surface area contributed by atoms with E-state index in [-0.39, 0.29) is 0 Å². The molecule has 0 aliphatic rings. The highest BCUT2D eigenvalue weighted by Gasteiger charge is 2.29. The van der Waals surface area contributed by atoms with Crippen LogP contribution in [0.5, 0.6) is 0 Å². The van der Waals surface area contributed by atoms with Crippen LogP contribution in [-0.4, -0.2) is 20.8 Å². The molecule has 0 amide bonds. The standard InChI is InChI=1S/C19H17NO2S/c1-19(2,18(21)22)23-17-12-20-10-9-16(17)15-8-7-13-5-3-4-6-14(13)11-15/h3-12H,1-2H3,(H,21,22). The molecule has 0 spiro atoms. The number of aliphatic carboxylic acids is 1. The first kappa shape index (κ1) is 15.6. The Morgan fingerprint density at radius 3 is 2.57 bits per heavy atom. The first-order valence-electron chi connectivity index (χ1n) is 7.33. The van der Waals surface area contributed by atoms with E-state index in [1.165, 1.54) is 17.1 Å². The number of carboxylic acids is 1. The van der Waals surface area contributed by atoms with Gasteiger partial charge in [-0.05, 0) is 47.9 Å². The third-order valence-electron chi connectivity index (χ3n) is 3.73. The van der Waals surface area contributed by atoms with Gasteiger partial charge in [-0.2, -0.15) is 0 Å². The minimum absolute atomic E-state index is 0.837. The van der Waals surface area contributed by atoms with Crippen LogP contribution in [0.25, 0.3) is 21.9 Å². The Morgan fingerprint density at radius 1 is 1.09 bits per heavy atom. The van der Waals surface area contributed by atoms with Crippen molar-refractivity contribution in [3.63, 3.8) is 0 Å². The Bertz CT molecular complexity index is 874. The van der Waals surface area contributed by atoms with Crippen molar-refractivity contribution < 1.29 is 9.90 Å². The van der Waals surface area contributed by atoms with Crippen LogP contribution in [0.1, 0.15) is 13.8 Å². The van der Waals surface area contributed by atoms with Crippen molar-refractivity contribution in [2.75, 3.05) is 0 Å². The molecule has 0 saturated heterocycles. The molecular formula is C19H17NO2S. The van der Waals surface area contributed by atoms with E-state index < -0.39 is 10.7 Å². The molecule has 116 valence electrons. The smallest absolute Gasteiger partial charge is 0.319 e. The summed E-state index contributed by atoms with van der Waals surface area (Å²) in [5.74, 6) is -0.837. The molecule has 0 saturated carbocycles. The van der Waals surface area contributed by atoms with Crippen molar-refractivity contribution in [1.82, 2.24) is 4.98 Å². The fourth-order valence-electron chi connectivity index (χ4n) is 2.38. The summed E-state index contributed by atoms with van der Waals surface area (Å²) in [5, 5.41) is 11.7. The molecule has 3 aromatic rings. The number of aromatic nitrogens is 1. The number of thioether (sulfide) groups is 1. The molecule has 1 heterocycles. The minimum atomic E-state index is -0.908. The third kappa shape index (κ3) is 3.22. The van der Waals surface area contributed by atoms with Crippen LogP contribution >= 0.6 is 11.8 Å². The Morgan fingerprint density at radius 2 is 1.83 bits per heavy atom. The van der Waals surface area contributed by atoms with Gasteiger partial charge in [0.25, 0.3) is 0 Å². The lowest BCUT2D eigenvalue weighted by Gasteiger charge is -2.20. The fourth-order valence-corrected chi connectivity index (χ4v) is 3.42. The SMILES string of the molecule is CC(C)(Sc1cnccc1-c1ccc2ccccc2c1)C(=O)O. The quantitative estimate of drug-likeness (QED) is 0.697. The van der Waals surface area contributed by atoms with E-state index in [0.717, 1.165) is 21.4 Å². The number of fused-ring (bicyclic) bond motifs is 1. The average Bonchev–Trinajstić information content (AvgIpc) is 2.54. The number of hydrogen-bond donors (Lipinski definition) is 1. The van der Waals surface area contributed by atoms with Crippen molar-refractivity contribution in [2.24, 2.45) is 0 Å². The van der Waals surface area contributed by atoms with E-state index in [1.54, 1.807) is 26.2 Å². The highest BCUT2D eigenvalue weighted by Crippen LogP contribution is 2.39. The second-order valence-corrected chi connectivity index (χ2v) is 7.52. The number of carbonyl (C=O) groups is 1. The lowest BCUT2D eigenvalue weighted by Crippen LogP contribution is -2.27. The molecule has 0 aliphatic carbocycles. The maximum atomic E-state index is 11.4. The van der Waals surface area contributed by atoms with Crippen LogP contribution in [0.2, 0.25) is 0 Å². The lowest BCUT2D eigenvalue weighted by molar-refractivity contribution is -0.138. The number of carboxylic acid groups (broad SMARTS) is 1. The van der Waals surface area contributed by atoms with Gasteiger partial charge in [-0.15, -0.1) is 11.8 Å². The zero-order valence-electron chi connectivity index (χ0n) is 13.0. The molecule has 0 fully saturated rings. The average molecular weight is 323 g/mol. The van der Waals surface area contributed by atoms with Crippen molar-refractivity contribution in [1.29, 1.82) is 0 Å². The van der Waals surface area contributed by atoms with E-state index in [4.69, 9.17) is 0 Å². The molecule has 1 aromatic heterocycles. The summed E-state index contributed by atoms with van der Waals surface area (Å²) < 4.78 is -0.908. The summed E-state index contributed by atoms with van der Waals surface area (Å²) in [6, 6.07) is 16.4. The normalized spacial score (nSPS) is 11.6. The Balaban J connectivity index is 2.07. The summed E-state index contributed by atoms with van der Waals surface area (Å²) in [7, 11) is 0. The molecule has 0 radical (unpaired) electrons. The van der Waals surface area contributed by atoms with Crippen molar-refractivity contribution in [2.45, 2.75) is 23.5 Å². The maximum Gasteiger partial charge on any atom is 0.319 e. The van der Waals surface area contributed by atoms with E-state index in [9.17, 15) is 9.90 Å². The molecule has 2 aromatic carbocycles. The molecule has 0 bridgehead atoms. The van der Waals surface area contributed by atoms with E-state index in [1.807, 2.05) is 18.2 Å². The van der Waals surface area contributed by atoms with Gasteiger partial charge in [0.1, 0.15) is 4.75 Å². The largest absolute Gasteiger partial charge is 0.480 e. The van der Waals surface area contributed by atoms with Gasteiger partial charge in [-0.25, -0.2) is 0 Å². The van der Waals surface area contributed by atoms with Crippen LogP contribution in [0.3, 0.4) is 0 Å². The predicted molar refractivity (Wildman–Crippen MR) is 94.8 cm³/mol. The summed E-state index contributed by atoms with van der Waals surface area (Å²) >= 11 is 1.32. The number of hydrogen-bond acceptors (Lipinski definition) is 3. The summed E-state index contributed by atoms with van der Waals surface area (Å²) in [5.41, 5.74) is 2.07. The van der Waals surface area contributed by atoms with E-state index >= 15 is 0 Å². The third-order valence-corrected chi connectivity index (χ3v) is 4.96. The van der Waals surface area contributed by atoms with Crippen LogP contribution in [0, 0.1) is 0 Å². The van der Waals surface area contributed by atoms with E-state index in [2.05, 4.69) is 35.3 Å². The molecule has 23 heavy (non-hydrogen) atoms. The zero-order chi connectivity index (χ0) is 16.4. The first-order valence-corrected chi connectivity index (χ1v) is 8.14. The molecule has 0 aliphatic heterocycles. The molecule has 0 unspecified atom stereocenters. The second kappa shape index (κ2) is 6.05. The second-order valence-electron chi connectivity index (χ2n) is 5.85. The van der Waals surface area contributed by atoms with Gasteiger partial charge >= 0.3 is 5.97 Å². The highest BCUT2D eigenvalue weighted by atomic mass is 32.2. The monoisotopic (exact) mass is 323 g/mol. The molecule has 1 N–H and O–H groups in total. The number of benzene rings is 2.